The van der Waals surface area contributed by atoms with Crippen LogP contribution in [0.15, 0.2) is 53.1 Å². The summed E-state index contributed by atoms with van der Waals surface area (Å²) in [5, 5.41) is 8.94. The Hall–Kier alpha value is -2.86. The number of hydrogen-bond donors (Lipinski definition) is 1. The van der Waals surface area contributed by atoms with Crippen molar-refractivity contribution < 1.29 is 4.42 Å². The van der Waals surface area contributed by atoms with Gasteiger partial charge in [0.2, 0.25) is 0 Å². The van der Waals surface area contributed by atoms with Crippen molar-refractivity contribution in [2.75, 3.05) is 32.5 Å². The van der Waals surface area contributed by atoms with Crippen LogP contribution in [0.25, 0.3) is 28.1 Å². The van der Waals surface area contributed by atoms with E-state index in [-0.39, 0.29) is 0 Å². The maximum absolute atomic E-state index is 5.88. The molecule has 24 heavy (non-hydrogen) atoms. The lowest BCUT2D eigenvalue weighted by Crippen LogP contribution is -2.21. The van der Waals surface area contributed by atoms with Crippen LogP contribution in [0.3, 0.4) is 0 Å². The molecule has 0 spiro atoms. The number of imidazole rings is 1. The molecule has 3 aromatic heterocycles. The first-order chi connectivity index (χ1) is 11.7. The Morgan fingerprint density at radius 1 is 1.17 bits per heavy atom. The smallest absolute Gasteiger partial charge is 0.155 e. The zero-order valence-corrected chi connectivity index (χ0v) is 13.7. The van der Waals surface area contributed by atoms with Crippen LogP contribution in [0.5, 0.6) is 0 Å². The minimum atomic E-state index is 0.754. The van der Waals surface area contributed by atoms with E-state index in [4.69, 9.17) is 4.42 Å². The van der Waals surface area contributed by atoms with Gasteiger partial charge in [0.1, 0.15) is 17.1 Å². The fourth-order valence-electron chi connectivity index (χ4n) is 2.61. The van der Waals surface area contributed by atoms with Crippen molar-refractivity contribution >= 4 is 22.4 Å². The SMILES string of the molecule is CN(C)CCNc1ccc2nc(-c3cc4ccccc4o3)cn2n1. The Bertz CT molecular complexity index is 952. The molecule has 4 aromatic rings. The van der Waals surface area contributed by atoms with Gasteiger partial charge in [-0.15, -0.1) is 5.10 Å². The second-order valence-electron chi connectivity index (χ2n) is 6.03. The van der Waals surface area contributed by atoms with Crippen LogP contribution in [0.4, 0.5) is 5.82 Å². The quantitative estimate of drug-likeness (QED) is 0.612. The summed E-state index contributed by atoms with van der Waals surface area (Å²) in [6.07, 6.45) is 1.89. The van der Waals surface area contributed by atoms with Gasteiger partial charge in [-0.05, 0) is 38.4 Å². The van der Waals surface area contributed by atoms with Crippen molar-refractivity contribution in [3.63, 3.8) is 0 Å². The van der Waals surface area contributed by atoms with Gasteiger partial charge in [-0.3, -0.25) is 0 Å². The molecule has 0 saturated carbocycles. The predicted octanol–water partition coefficient (Wildman–Crippen LogP) is 3.12. The van der Waals surface area contributed by atoms with Crippen molar-refractivity contribution in [2.45, 2.75) is 0 Å². The first-order valence-corrected chi connectivity index (χ1v) is 7.93. The molecule has 0 aliphatic rings. The Kier molecular flexibility index (Phi) is 3.66. The Morgan fingerprint density at radius 2 is 2.04 bits per heavy atom. The van der Waals surface area contributed by atoms with Crippen LogP contribution >= 0.6 is 0 Å². The zero-order chi connectivity index (χ0) is 16.5. The van der Waals surface area contributed by atoms with Crippen molar-refractivity contribution in [1.82, 2.24) is 19.5 Å². The van der Waals surface area contributed by atoms with Gasteiger partial charge in [-0.25, -0.2) is 9.50 Å². The third kappa shape index (κ3) is 2.83. The number of rotatable bonds is 5. The van der Waals surface area contributed by atoms with E-state index < -0.39 is 0 Å². The fourth-order valence-corrected chi connectivity index (χ4v) is 2.61. The number of furan rings is 1. The van der Waals surface area contributed by atoms with Crippen molar-refractivity contribution in [3.05, 3.63) is 48.7 Å². The topological polar surface area (TPSA) is 58.6 Å². The molecule has 0 aliphatic heterocycles. The van der Waals surface area contributed by atoms with E-state index in [2.05, 4.69) is 20.3 Å². The van der Waals surface area contributed by atoms with Gasteiger partial charge in [0, 0.05) is 18.5 Å². The summed E-state index contributed by atoms with van der Waals surface area (Å²) >= 11 is 0. The van der Waals surface area contributed by atoms with Crippen molar-refractivity contribution in [2.24, 2.45) is 0 Å². The van der Waals surface area contributed by atoms with E-state index in [9.17, 15) is 0 Å². The van der Waals surface area contributed by atoms with E-state index in [0.29, 0.717) is 0 Å². The summed E-state index contributed by atoms with van der Waals surface area (Å²) in [5.41, 5.74) is 2.44. The lowest BCUT2D eigenvalue weighted by atomic mass is 10.2. The molecule has 0 bridgehead atoms. The van der Waals surface area contributed by atoms with Gasteiger partial charge in [0.25, 0.3) is 0 Å². The minimum Gasteiger partial charge on any atom is -0.454 e. The number of nitrogens with one attached hydrogen (secondary N) is 1. The number of anilines is 1. The lowest BCUT2D eigenvalue weighted by Gasteiger charge is -2.10. The average molecular weight is 321 g/mol. The van der Waals surface area contributed by atoms with Gasteiger partial charge < -0.3 is 14.6 Å². The molecule has 6 nitrogen and oxygen atoms in total. The van der Waals surface area contributed by atoms with E-state index in [1.54, 1.807) is 4.52 Å². The number of fused-ring (bicyclic) bond motifs is 2. The van der Waals surface area contributed by atoms with Gasteiger partial charge in [-0.1, -0.05) is 18.2 Å². The largest absolute Gasteiger partial charge is 0.454 e. The number of benzene rings is 1. The molecule has 0 atom stereocenters. The molecule has 0 saturated heterocycles. The molecule has 6 heteroatoms. The second-order valence-corrected chi connectivity index (χ2v) is 6.03. The van der Waals surface area contributed by atoms with Gasteiger partial charge in [0.15, 0.2) is 11.4 Å². The molecule has 1 aromatic carbocycles. The highest BCUT2D eigenvalue weighted by molar-refractivity contribution is 5.82. The second kappa shape index (κ2) is 5.98. The molecule has 3 heterocycles. The highest BCUT2D eigenvalue weighted by Crippen LogP contribution is 2.27. The maximum atomic E-state index is 5.88. The summed E-state index contributed by atoms with van der Waals surface area (Å²) in [4.78, 5) is 6.73. The van der Waals surface area contributed by atoms with E-state index in [1.165, 1.54) is 0 Å². The van der Waals surface area contributed by atoms with E-state index in [0.717, 1.165) is 47.0 Å². The standard InChI is InChI=1S/C18H19N5O/c1-22(2)10-9-19-17-7-8-18-20-14(12-23(18)21-17)16-11-13-5-3-4-6-15(13)24-16/h3-8,11-12H,9-10H2,1-2H3,(H,19,21). The molecule has 1 N–H and O–H groups in total. The van der Waals surface area contributed by atoms with E-state index in [1.807, 2.05) is 62.8 Å². The summed E-state index contributed by atoms with van der Waals surface area (Å²) in [5.74, 6) is 1.58. The van der Waals surface area contributed by atoms with Gasteiger partial charge in [-0.2, -0.15) is 0 Å². The highest BCUT2D eigenvalue weighted by Gasteiger charge is 2.11. The summed E-state index contributed by atoms with van der Waals surface area (Å²) in [6.45, 7) is 1.80. The maximum Gasteiger partial charge on any atom is 0.155 e. The molecular formula is C18H19N5O. The van der Waals surface area contributed by atoms with Gasteiger partial charge in [0.05, 0.1) is 6.20 Å². The average Bonchev–Trinajstić information content (AvgIpc) is 3.17. The minimum absolute atomic E-state index is 0.754. The number of para-hydroxylation sites is 1. The number of hydrogen-bond acceptors (Lipinski definition) is 5. The summed E-state index contributed by atoms with van der Waals surface area (Å²) < 4.78 is 7.66. The summed E-state index contributed by atoms with van der Waals surface area (Å²) in [7, 11) is 4.10. The van der Waals surface area contributed by atoms with Crippen LogP contribution in [-0.2, 0) is 0 Å². The fraction of sp³-hybridized carbons (Fsp3) is 0.222. The molecule has 0 aliphatic carbocycles. The molecule has 0 fully saturated rings. The van der Waals surface area contributed by atoms with E-state index >= 15 is 0 Å². The normalized spacial score (nSPS) is 11.6. The van der Waals surface area contributed by atoms with Crippen LogP contribution in [0, 0.1) is 0 Å². The van der Waals surface area contributed by atoms with Crippen molar-refractivity contribution in [3.8, 4) is 11.5 Å². The highest BCUT2D eigenvalue weighted by atomic mass is 16.3. The molecular weight excluding hydrogens is 302 g/mol. The Balaban J connectivity index is 1.62. The van der Waals surface area contributed by atoms with Crippen LogP contribution in [-0.4, -0.2) is 46.7 Å². The molecule has 122 valence electrons. The first-order valence-electron chi connectivity index (χ1n) is 7.93. The van der Waals surface area contributed by atoms with Crippen molar-refractivity contribution in [1.29, 1.82) is 0 Å². The number of nitrogens with zero attached hydrogens (tertiary/aromatic N) is 4. The molecule has 0 radical (unpaired) electrons. The molecule has 0 unspecified atom stereocenters. The van der Waals surface area contributed by atoms with Crippen LogP contribution < -0.4 is 5.32 Å². The molecule has 0 amide bonds. The lowest BCUT2D eigenvalue weighted by molar-refractivity contribution is 0.425. The molecule has 4 rings (SSSR count). The Labute approximate surface area is 139 Å². The predicted molar refractivity (Wildman–Crippen MR) is 95.2 cm³/mol. The Morgan fingerprint density at radius 3 is 2.88 bits per heavy atom. The van der Waals surface area contributed by atoms with Gasteiger partial charge >= 0.3 is 0 Å². The zero-order valence-electron chi connectivity index (χ0n) is 13.7. The third-order valence-corrected chi connectivity index (χ3v) is 3.86. The van der Waals surface area contributed by atoms with Crippen LogP contribution in [0.2, 0.25) is 0 Å². The summed E-state index contributed by atoms with van der Waals surface area (Å²) in [6, 6.07) is 13.9. The van der Waals surface area contributed by atoms with Crippen LogP contribution in [0.1, 0.15) is 0 Å². The monoisotopic (exact) mass is 321 g/mol. The first kappa shape index (κ1) is 14.7. The number of likely N-dealkylation sites (N-methyl/N-ethyl adjacent to an activating group) is 1. The third-order valence-electron chi connectivity index (χ3n) is 3.86. The number of aromatic nitrogens is 3.